The molecule has 3 atom stereocenters. The van der Waals surface area contributed by atoms with E-state index in [0.717, 1.165) is 47.2 Å². The lowest BCUT2D eigenvalue weighted by Gasteiger charge is -2.20. The second kappa shape index (κ2) is 15.3. The molecule has 0 radical (unpaired) electrons. The van der Waals surface area contributed by atoms with Crippen LogP contribution in [0.4, 0.5) is 0 Å². The van der Waals surface area contributed by atoms with Gasteiger partial charge in [-0.3, -0.25) is 15.1 Å². The van der Waals surface area contributed by atoms with Crippen molar-refractivity contribution in [2.45, 2.75) is 51.0 Å². The summed E-state index contributed by atoms with van der Waals surface area (Å²) in [6, 6.07) is 15.7. The Kier molecular flexibility index (Phi) is 10.3. The van der Waals surface area contributed by atoms with Gasteiger partial charge in [0.25, 0.3) is 0 Å². The first-order chi connectivity index (χ1) is 26.6. The highest BCUT2D eigenvalue weighted by atomic mass is 35.5. The van der Waals surface area contributed by atoms with Gasteiger partial charge in [-0.15, -0.1) is 0 Å². The minimum absolute atomic E-state index is 0.0884. The highest BCUT2D eigenvalue weighted by molar-refractivity contribution is 6.36. The lowest BCUT2D eigenvalue weighted by molar-refractivity contribution is -0.141. The highest BCUT2D eigenvalue weighted by Crippen LogP contribution is 2.45. The number of rotatable bonds is 11. The van der Waals surface area contributed by atoms with Crippen LogP contribution < -0.4 is 15.0 Å². The number of ether oxygens (including phenoxy) is 2. The number of pyridine rings is 2. The van der Waals surface area contributed by atoms with Crippen molar-refractivity contribution in [2.24, 2.45) is 5.92 Å². The molecular weight excluding hydrogens is 745 g/mol. The summed E-state index contributed by atoms with van der Waals surface area (Å²) in [5.41, 5.74) is 5.94. The van der Waals surface area contributed by atoms with E-state index >= 15 is 0 Å². The fourth-order valence-electron chi connectivity index (χ4n) is 8.03. The van der Waals surface area contributed by atoms with Gasteiger partial charge < -0.3 is 33.6 Å². The minimum atomic E-state index is -0.796. The smallest absolute Gasteiger partial charge is 0.307 e. The Balaban J connectivity index is 1.05. The number of aliphatic hydroxyl groups is 1. The Bertz CT molecular complexity index is 2410. The fourth-order valence-corrected chi connectivity index (χ4v) is 8.56. The molecule has 0 saturated carbocycles. The molecule has 2 saturated heterocycles. The van der Waals surface area contributed by atoms with E-state index in [2.05, 4.69) is 25.8 Å². The summed E-state index contributed by atoms with van der Waals surface area (Å²) in [6.07, 6.45) is 3.69. The monoisotopic (exact) mass is 783 g/mol. The molecule has 8 rings (SSSR count). The van der Waals surface area contributed by atoms with E-state index in [-0.39, 0.29) is 46.1 Å². The van der Waals surface area contributed by atoms with Crippen LogP contribution >= 0.6 is 23.2 Å². The number of hydrogen-bond acceptors (Lipinski definition) is 11. The van der Waals surface area contributed by atoms with Gasteiger partial charge in [-0.2, -0.15) is 10.2 Å². The summed E-state index contributed by atoms with van der Waals surface area (Å²) in [5.74, 6) is -0.272. The van der Waals surface area contributed by atoms with E-state index in [1.54, 1.807) is 23.9 Å². The van der Waals surface area contributed by atoms with Crippen molar-refractivity contribution in [1.82, 2.24) is 24.3 Å². The zero-order valence-electron chi connectivity index (χ0n) is 30.1. The molecule has 55 heavy (non-hydrogen) atoms. The van der Waals surface area contributed by atoms with Gasteiger partial charge in [0, 0.05) is 56.6 Å². The van der Waals surface area contributed by atoms with Gasteiger partial charge in [0.2, 0.25) is 17.7 Å². The van der Waals surface area contributed by atoms with Crippen molar-refractivity contribution >= 4 is 40.3 Å². The van der Waals surface area contributed by atoms with Gasteiger partial charge in [0.15, 0.2) is 16.6 Å². The van der Waals surface area contributed by atoms with Crippen LogP contribution in [0.15, 0.2) is 53.1 Å². The average Bonchev–Trinajstić information content (AvgIpc) is 4.00. The van der Waals surface area contributed by atoms with Crippen LogP contribution in [0, 0.1) is 22.7 Å². The number of hydrogen-bond donors (Lipinski definition) is 3. The predicted octanol–water partition coefficient (Wildman–Crippen LogP) is 6.06. The predicted molar refractivity (Wildman–Crippen MR) is 204 cm³/mol. The number of halogens is 2. The number of likely N-dealkylation sites (tertiary alicyclic amines) is 2. The fraction of sp³-hybridized carbons (Fsp3) is 0.375. The minimum Gasteiger partial charge on any atom is -0.481 e. The normalized spacial score (nSPS) is 19.9. The van der Waals surface area contributed by atoms with Gasteiger partial charge >= 0.3 is 5.97 Å². The molecule has 0 spiro atoms. The maximum atomic E-state index is 11.4. The molecule has 2 aromatic carbocycles. The van der Waals surface area contributed by atoms with Crippen LogP contribution in [0.5, 0.6) is 11.8 Å². The van der Waals surface area contributed by atoms with Crippen molar-refractivity contribution in [2.75, 3.05) is 39.8 Å². The number of aromatic nitrogens is 3. The number of carboxylic acid groups (broad SMARTS) is 1. The molecule has 0 unspecified atom stereocenters. The van der Waals surface area contributed by atoms with Crippen molar-refractivity contribution in [3.05, 3.63) is 86.4 Å². The van der Waals surface area contributed by atoms with E-state index in [4.69, 9.17) is 42.5 Å². The number of aliphatic hydroxyl groups excluding tert-OH is 1. The largest absolute Gasteiger partial charge is 0.481 e. The number of nitriles is 1. The molecular formula is C40H39Cl2N7O6. The summed E-state index contributed by atoms with van der Waals surface area (Å²) < 4.78 is 19.9. The van der Waals surface area contributed by atoms with Gasteiger partial charge in [-0.1, -0.05) is 53.5 Å². The number of fused-ring (bicyclic) bond motifs is 2. The zero-order chi connectivity index (χ0) is 38.4. The molecule has 5 aromatic rings. The van der Waals surface area contributed by atoms with Crippen molar-refractivity contribution in [3.8, 4) is 40.4 Å². The van der Waals surface area contributed by atoms with Gasteiger partial charge in [-0.25, -0.2) is 4.98 Å². The Morgan fingerprint density at radius 2 is 1.82 bits per heavy atom. The third-order valence-corrected chi connectivity index (χ3v) is 11.6. The Hall–Kier alpha value is -4.97. The van der Waals surface area contributed by atoms with Crippen LogP contribution in [0.25, 0.3) is 33.7 Å². The molecule has 0 amide bonds. The number of aliphatic carboxylic acids is 1. The second-order valence-electron chi connectivity index (χ2n) is 14.3. The number of carbonyl (C=O) groups is 1. The van der Waals surface area contributed by atoms with Gasteiger partial charge in [-0.05, 0) is 61.1 Å². The summed E-state index contributed by atoms with van der Waals surface area (Å²) in [5, 5.41) is 39.1. The van der Waals surface area contributed by atoms with E-state index in [9.17, 15) is 20.3 Å². The molecule has 0 bridgehead atoms. The molecule has 1 aliphatic carbocycles. The number of carboxylic acids is 1. The van der Waals surface area contributed by atoms with Gasteiger partial charge in [0.05, 0.1) is 29.7 Å². The summed E-state index contributed by atoms with van der Waals surface area (Å²) in [4.78, 5) is 24.9. The SMILES string of the molecule is COc1nc(O[C@H]2CCc3c(-c4cccc(-c5nc6c(=N)n(CCN7CC[C@@H](C(=O)O)C7)cc(C#N)c6o5)c4Cl)cccc32)c(Cl)cc1CN1CC[C@@H](O)C1. The van der Waals surface area contributed by atoms with Crippen molar-refractivity contribution in [3.63, 3.8) is 0 Å². The van der Waals surface area contributed by atoms with Crippen LogP contribution in [-0.4, -0.2) is 86.5 Å². The second-order valence-corrected chi connectivity index (χ2v) is 15.1. The summed E-state index contributed by atoms with van der Waals surface area (Å²) >= 11 is 13.9. The molecule has 15 heteroatoms. The number of nitrogens with one attached hydrogen (secondary N) is 1. The first-order valence-electron chi connectivity index (χ1n) is 18.3. The maximum Gasteiger partial charge on any atom is 0.307 e. The standard InChI is InChI=1S/C40H39Cl2N7O6/c1-53-37-23(19-48-13-11-25(50)21-48)16-31(41)39(46-37)54-32-9-8-27-26(4-2-5-28(27)32)29-6-3-7-30(33(29)42)38-45-34-35(55-38)24(17-43)20-49(36(34)44)15-14-47-12-10-22(18-47)40(51)52/h2-7,16,20,22,25,32,44,50H,8-15,18-19,21H2,1H3,(H,51,52)/t22-,25-,32+/m1/s1. The maximum absolute atomic E-state index is 11.4. The molecule has 284 valence electrons. The van der Waals surface area contributed by atoms with Gasteiger partial charge in [0.1, 0.15) is 22.8 Å². The van der Waals surface area contributed by atoms with Crippen LogP contribution in [0.2, 0.25) is 10.0 Å². The van der Waals surface area contributed by atoms with E-state index in [1.807, 2.05) is 36.4 Å². The van der Waals surface area contributed by atoms with Crippen molar-refractivity contribution < 1.29 is 28.9 Å². The average molecular weight is 785 g/mol. The molecule has 2 aliphatic heterocycles. The number of nitrogens with zero attached hydrogens (tertiary/aromatic N) is 6. The molecule has 3 aliphatic rings. The summed E-state index contributed by atoms with van der Waals surface area (Å²) in [7, 11) is 1.57. The Labute approximate surface area is 326 Å². The first-order valence-corrected chi connectivity index (χ1v) is 19.0. The van der Waals surface area contributed by atoms with Crippen LogP contribution in [0.3, 0.4) is 0 Å². The molecule has 3 N–H and O–H groups in total. The number of β-amino-alcohol motifs (C(OH)–C–C–N with tert-alkyl or cyclic N) is 1. The highest BCUT2D eigenvalue weighted by Gasteiger charge is 2.31. The third-order valence-electron chi connectivity index (χ3n) is 10.9. The van der Waals surface area contributed by atoms with E-state index < -0.39 is 11.9 Å². The molecule has 3 aromatic heterocycles. The number of benzene rings is 2. The van der Waals surface area contributed by atoms with Crippen LogP contribution in [-0.2, 0) is 24.3 Å². The molecule has 2 fully saturated rings. The molecule has 13 nitrogen and oxygen atoms in total. The van der Waals surface area contributed by atoms with E-state index in [1.165, 1.54) is 0 Å². The third kappa shape index (κ3) is 7.16. The van der Waals surface area contributed by atoms with E-state index in [0.29, 0.717) is 73.6 Å². The first kappa shape index (κ1) is 37.0. The number of oxazole rings is 1. The lowest BCUT2D eigenvalue weighted by atomic mass is 9.95. The zero-order valence-corrected chi connectivity index (χ0v) is 31.6. The van der Waals surface area contributed by atoms with Crippen molar-refractivity contribution in [1.29, 1.82) is 10.7 Å². The number of methoxy groups -OCH3 is 1. The molecule has 5 heterocycles. The Morgan fingerprint density at radius 1 is 1.04 bits per heavy atom. The summed E-state index contributed by atoms with van der Waals surface area (Å²) in [6.45, 7) is 4.00. The quantitative estimate of drug-likeness (QED) is 0.142. The van der Waals surface area contributed by atoms with Crippen LogP contribution in [0.1, 0.15) is 47.6 Å². The Morgan fingerprint density at radius 3 is 2.56 bits per heavy atom. The lowest BCUT2D eigenvalue weighted by Crippen LogP contribution is -2.30. The topological polar surface area (TPSA) is 174 Å².